The van der Waals surface area contributed by atoms with Crippen LogP contribution in [0, 0.1) is 6.92 Å². The number of carbonyl (C=O) groups is 1. The number of hydrogen-bond donors (Lipinski definition) is 2. The molecule has 100 valence electrons. The van der Waals surface area contributed by atoms with Crippen molar-refractivity contribution < 1.29 is 14.6 Å². The molecule has 0 radical (unpaired) electrons. The summed E-state index contributed by atoms with van der Waals surface area (Å²) in [6.07, 6.45) is -0.248. The van der Waals surface area contributed by atoms with Crippen LogP contribution in [0.4, 0.5) is 0 Å². The maximum atomic E-state index is 11.0. The van der Waals surface area contributed by atoms with Crippen LogP contribution in [-0.4, -0.2) is 24.2 Å². The Morgan fingerprint density at radius 2 is 2.22 bits per heavy atom. The molecule has 1 aromatic rings. The first-order valence-corrected chi connectivity index (χ1v) is 6.10. The first-order chi connectivity index (χ1) is 8.45. The highest BCUT2D eigenvalue weighted by atomic mass is 35.5. The second kappa shape index (κ2) is 6.73. The molecule has 0 bridgehead atoms. The van der Waals surface area contributed by atoms with Gasteiger partial charge in [0.15, 0.2) is 0 Å². The van der Waals surface area contributed by atoms with Gasteiger partial charge >= 0.3 is 5.97 Å². The Hall–Kier alpha value is -1.10. The molecule has 0 aliphatic rings. The van der Waals surface area contributed by atoms with Crippen molar-refractivity contribution in [3.63, 3.8) is 0 Å². The van der Waals surface area contributed by atoms with Crippen molar-refractivity contribution >= 4 is 17.6 Å². The van der Waals surface area contributed by atoms with Gasteiger partial charge in [0.05, 0.1) is 13.2 Å². The number of hydrogen-bond acceptors (Lipinski definition) is 4. The van der Waals surface area contributed by atoms with Gasteiger partial charge in [-0.2, -0.15) is 0 Å². The lowest BCUT2D eigenvalue weighted by atomic mass is 9.98. The van der Waals surface area contributed by atoms with E-state index < -0.39 is 12.1 Å². The lowest BCUT2D eigenvalue weighted by Gasteiger charge is -2.19. The molecule has 2 unspecified atom stereocenters. The molecule has 0 aliphatic heterocycles. The van der Waals surface area contributed by atoms with E-state index in [9.17, 15) is 9.90 Å². The second-order valence-corrected chi connectivity index (χ2v) is 4.64. The minimum atomic E-state index is -0.814. The topological polar surface area (TPSA) is 72.5 Å². The summed E-state index contributed by atoms with van der Waals surface area (Å²) in [5, 5.41) is 10.7. The molecule has 0 aromatic heterocycles. The Morgan fingerprint density at radius 3 is 2.78 bits per heavy atom. The highest BCUT2D eigenvalue weighted by Gasteiger charge is 2.18. The number of methoxy groups -OCH3 is 1. The zero-order valence-corrected chi connectivity index (χ0v) is 11.3. The van der Waals surface area contributed by atoms with E-state index in [1.807, 2.05) is 6.92 Å². The van der Waals surface area contributed by atoms with Gasteiger partial charge in [-0.1, -0.05) is 23.7 Å². The standard InChI is InChI=1S/C13H18ClNO3/c1-8-7-9(3-4-10(8)14)13(17)11(15)5-6-12(16)18-2/h3-4,7,11,13,17H,5-6,15H2,1-2H3. The van der Waals surface area contributed by atoms with Crippen molar-refractivity contribution in [2.75, 3.05) is 7.11 Å². The van der Waals surface area contributed by atoms with Crippen molar-refractivity contribution in [2.24, 2.45) is 5.73 Å². The molecule has 5 heteroatoms. The third-order valence-electron chi connectivity index (χ3n) is 2.84. The van der Waals surface area contributed by atoms with E-state index in [-0.39, 0.29) is 12.4 Å². The van der Waals surface area contributed by atoms with E-state index in [0.29, 0.717) is 17.0 Å². The number of halogens is 1. The molecule has 4 nitrogen and oxygen atoms in total. The van der Waals surface area contributed by atoms with Crippen LogP contribution >= 0.6 is 11.6 Å². The summed E-state index contributed by atoms with van der Waals surface area (Å²) in [4.78, 5) is 11.0. The Balaban J connectivity index is 2.65. The first kappa shape index (κ1) is 15.0. The fourth-order valence-corrected chi connectivity index (χ4v) is 1.76. The van der Waals surface area contributed by atoms with Gasteiger partial charge in [0.25, 0.3) is 0 Å². The molecule has 3 N–H and O–H groups in total. The van der Waals surface area contributed by atoms with Crippen molar-refractivity contribution in [3.8, 4) is 0 Å². The summed E-state index contributed by atoms with van der Waals surface area (Å²) >= 11 is 5.91. The fraction of sp³-hybridized carbons (Fsp3) is 0.462. The van der Waals surface area contributed by atoms with Gasteiger partial charge < -0.3 is 15.6 Å². The minimum absolute atomic E-state index is 0.196. The van der Waals surface area contributed by atoms with Gasteiger partial charge in [0.2, 0.25) is 0 Å². The van der Waals surface area contributed by atoms with Gasteiger partial charge in [-0.05, 0) is 30.5 Å². The van der Waals surface area contributed by atoms with E-state index in [4.69, 9.17) is 17.3 Å². The van der Waals surface area contributed by atoms with Crippen LogP contribution < -0.4 is 5.73 Å². The maximum Gasteiger partial charge on any atom is 0.305 e. The summed E-state index contributed by atoms with van der Waals surface area (Å²) in [7, 11) is 1.33. The number of benzene rings is 1. The Morgan fingerprint density at radius 1 is 1.56 bits per heavy atom. The van der Waals surface area contributed by atoms with Gasteiger partial charge in [-0.25, -0.2) is 0 Å². The predicted molar refractivity (Wildman–Crippen MR) is 70.4 cm³/mol. The van der Waals surface area contributed by atoms with Gasteiger partial charge in [0, 0.05) is 17.5 Å². The van der Waals surface area contributed by atoms with E-state index in [2.05, 4.69) is 4.74 Å². The van der Waals surface area contributed by atoms with Crippen LogP contribution in [0.5, 0.6) is 0 Å². The SMILES string of the molecule is COC(=O)CCC(N)C(O)c1ccc(Cl)c(C)c1. The van der Waals surface area contributed by atoms with E-state index in [1.54, 1.807) is 18.2 Å². The fourth-order valence-electron chi connectivity index (χ4n) is 1.64. The molecular formula is C13H18ClNO3. The third kappa shape index (κ3) is 3.98. The summed E-state index contributed by atoms with van der Waals surface area (Å²) in [5.74, 6) is -0.329. The summed E-state index contributed by atoms with van der Waals surface area (Å²) in [6.45, 7) is 1.86. The molecule has 1 aromatic carbocycles. The Kier molecular flexibility index (Phi) is 5.59. The molecule has 0 fully saturated rings. The van der Waals surface area contributed by atoms with Crippen LogP contribution in [0.1, 0.15) is 30.1 Å². The number of aliphatic hydroxyl groups is 1. The molecule has 0 aliphatic carbocycles. The van der Waals surface area contributed by atoms with Gasteiger partial charge in [-0.3, -0.25) is 4.79 Å². The summed E-state index contributed by atoms with van der Waals surface area (Å²) in [6, 6.07) is 4.75. The highest BCUT2D eigenvalue weighted by Crippen LogP contribution is 2.23. The van der Waals surface area contributed by atoms with Gasteiger partial charge in [-0.15, -0.1) is 0 Å². The Labute approximate surface area is 112 Å². The quantitative estimate of drug-likeness (QED) is 0.803. The predicted octanol–water partition coefficient (Wildman–Crippen LogP) is 1.96. The number of ether oxygens (including phenoxy) is 1. The zero-order chi connectivity index (χ0) is 13.7. The molecule has 0 amide bonds. The smallest absolute Gasteiger partial charge is 0.305 e. The van der Waals surface area contributed by atoms with Crippen LogP contribution in [0.25, 0.3) is 0 Å². The minimum Gasteiger partial charge on any atom is -0.469 e. The molecule has 2 atom stereocenters. The molecular weight excluding hydrogens is 254 g/mol. The number of esters is 1. The number of aliphatic hydroxyl groups excluding tert-OH is 1. The highest BCUT2D eigenvalue weighted by molar-refractivity contribution is 6.31. The zero-order valence-electron chi connectivity index (χ0n) is 10.5. The van der Waals surface area contributed by atoms with Gasteiger partial charge in [0.1, 0.15) is 0 Å². The second-order valence-electron chi connectivity index (χ2n) is 4.23. The van der Waals surface area contributed by atoms with Crippen molar-refractivity contribution in [1.82, 2.24) is 0 Å². The largest absolute Gasteiger partial charge is 0.469 e. The monoisotopic (exact) mass is 271 g/mol. The van der Waals surface area contributed by atoms with E-state index in [1.165, 1.54) is 7.11 Å². The molecule has 0 saturated carbocycles. The van der Waals surface area contributed by atoms with Crippen molar-refractivity contribution in [3.05, 3.63) is 34.3 Å². The van der Waals surface area contributed by atoms with Crippen molar-refractivity contribution in [2.45, 2.75) is 31.9 Å². The van der Waals surface area contributed by atoms with Crippen LogP contribution in [-0.2, 0) is 9.53 Å². The average Bonchev–Trinajstić information content (AvgIpc) is 2.37. The Bertz CT molecular complexity index is 423. The maximum absolute atomic E-state index is 11.0. The lowest BCUT2D eigenvalue weighted by molar-refractivity contribution is -0.140. The molecule has 1 rings (SSSR count). The van der Waals surface area contributed by atoms with Crippen LogP contribution in [0.15, 0.2) is 18.2 Å². The number of aryl methyl sites for hydroxylation is 1. The third-order valence-corrected chi connectivity index (χ3v) is 3.26. The first-order valence-electron chi connectivity index (χ1n) is 5.72. The van der Waals surface area contributed by atoms with Crippen LogP contribution in [0.2, 0.25) is 5.02 Å². The normalized spacial score (nSPS) is 14.1. The summed E-state index contributed by atoms with van der Waals surface area (Å²) < 4.78 is 4.53. The van der Waals surface area contributed by atoms with E-state index in [0.717, 1.165) is 5.56 Å². The average molecular weight is 272 g/mol. The number of rotatable bonds is 5. The van der Waals surface area contributed by atoms with E-state index >= 15 is 0 Å². The molecule has 0 spiro atoms. The molecule has 18 heavy (non-hydrogen) atoms. The number of carbonyl (C=O) groups excluding carboxylic acids is 1. The lowest BCUT2D eigenvalue weighted by Crippen LogP contribution is -2.29. The number of nitrogens with two attached hydrogens (primary N) is 1. The summed E-state index contributed by atoms with van der Waals surface area (Å²) in [5.41, 5.74) is 7.44. The van der Waals surface area contributed by atoms with Crippen molar-refractivity contribution in [1.29, 1.82) is 0 Å². The molecule has 0 heterocycles. The molecule has 0 saturated heterocycles. The van der Waals surface area contributed by atoms with Crippen LogP contribution in [0.3, 0.4) is 0 Å².